The van der Waals surface area contributed by atoms with E-state index in [1.807, 2.05) is 0 Å². The Balaban J connectivity index is 1.60. The molecule has 2 aromatic heterocycles. The van der Waals surface area contributed by atoms with E-state index in [4.69, 9.17) is 4.74 Å². The number of hydrogen-bond acceptors (Lipinski definition) is 3. The number of benzene rings is 2. The average Bonchev–Trinajstić information content (AvgIpc) is 3.18. The number of ether oxygens (including phenoxy) is 1. The number of halogens is 2. The van der Waals surface area contributed by atoms with Crippen LogP contribution in [0.25, 0.3) is 21.7 Å². The monoisotopic (exact) mass is 409 g/mol. The summed E-state index contributed by atoms with van der Waals surface area (Å²) in [7, 11) is 1.62. The van der Waals surface area contributed by atoms with Gasteiger partial charge in [-0.25, -0.2) is 8.78 Å². The van der Waals surface area contributed by atoms with Crippen molar-refractivity contribution in [3.63, 3.8) is 0 Å². The molecule has 0 spiro atoms. The zero-order valence-electron chi connectivity index (χ0n) is 16.0. The predicted octanol–water partition coefficient (Wildman–Crippen LogP) is 3.63. The van der Waals surface area contributed by atoms with Crippen molar-refractivity contribution in [2.45, 2.75) is 12.6 Å². The van der Waals surface area contributed by atoms with Crippen LogP contribution in [0.4, 0.5) is 8.78 Å². The Morgan fingerprint density at radius 2 is 1.93 bits per heavy atom. The predicted molar refractivity (Wildman–Crippen MR) is 107 cm³/mol. The molecule has 8 heteroatoms. The van der Waals surface area contributed by atoms with Crippen LogP contribution >= 0.6 is 0 Å². The third-order valence-electron chi connectivity index (χ3n) is 5.59. The molecule has 0 bridgehead atoms. The van der Waals surface area contributed by atoms with Crippen LogP contribution in [0.3, 0.4) is 0 Å². The Morgan fingerprint density at radius 3 is 2.73 bits per heavy atom. The number of pyridine rings is 1. The van der Waals surface area contributed by atoms with Gasteiger partial charge >= 0.3 is 0 Å². The van der Waals surface area contributed by atoms with Gasteiger partial charge in [0.15, 0.2) is 0 Å². The van der Waals surface area contributed by atoms with Gasteiger partial charge in [0, 0.05) is 29.2 Å². The molecular weight excluding hydrogens is 392 g/mol. The van der Waals surface area contributed by atoms with Crippen LogP contribution in [-0.2, 0) is 11.3 Å². The largest absolute Gasteiger partial charge is 0.373 e. The van der Waals surface area contributed by atoms with Gasteiger partial charge in [-0.05, 0) is 35.7 Å². The van der Waals surface area contributed by atoms with E-state index < -0.39 is 23.2 Å². The third kappa shape index (κ3) is 2.80. The zero-order chi connectivity index (χ0) is 21.0. The Labute approximate surface area is 169 Å². The maximum absolute atomic E-state index is 14.0. The number of aromatic nitrogens is 2. The molecule has 2 aromatic carbocycles. The van der Waals surface area contributed by atoms with Crippen LogP contribution < -0.4 is 5.56 Å². The topological polar surface area (TPSA) is 78.2 Å². The van der Waals surface area contributed by atoms with Crippen LogP contribution in [0.15, 0.2) is 47.3 Å². The van der Waals surface area contributed by atoms with E-state index in [0.717, 1.165) is 0 Å². The maximum atomic E-state index is 14.0. The number of fused-ring (bicyclic) bond motifs is 4. The van der Waals surface area contributed by atoms with Gasteiger partial charge in [0.25, 0.3) is 11.5 Å². The molecule has 0 fully saturated rings. The first-order valence-corrected chi connectivity index (χ1v) is 9.40. The van der Waals surface area contributed by atoms with Gasteiger partial charge in [-0.1, -0.05) is 12.1 Å². The molecule has 6 nitrogen and oxygen atoms in total. The van der Waals surface area contributed by atoms with E-state index in [1.54, 1.807) is 25.2 Å². The summed E-state index contributed by atoms with van der Waals surface area (Å²) in [5, 5.41) is 1.12. The lowest BCUT2D eigenvalue weighted by molar-refractivity contribution is 0.0333. The second-order valence-electron chi connectivity index (χ2n) is 7.37. The fraction of sp³-hybridized carbons (Fsp3) is 0.182. The number of carbonyl (C=O) groups is 1. The number of rotatable bonds is 2. The smallest absolute Gasteiger partial charge is 0.270 e. The molecule has 1 aliphatic rings. The molecule has 4 aromatic rings. The molecule has 5 rings (SSSR count). The molecule has 1 atom stereocenters. The number of likely N-dealkylation sites (N-methyl/N-ethyl adjacent to an activating group) is 1. The van der Waals surface area contributed by atoms with Crippen LogP contribution in [0.5, 0.6) is 0 Å². The van der Waals surface area contributed by atoms with E-state index in [1.165, 1.54) is 29.2 Å². The summed E-state index contributed by atoms with van der Waals surface area (Å²) in [6.45, 7) is 0.399. The zero-order valence-corrected chi connectivity index (χ0v) is 16.0. The molecule has 2 N–H and O–H groups in total. The summed E-state index contributed by atoms with van der Waals surface area (Å²) in [6, 6.07) is 9.59. The lowest BCUT2D eigenvalue weighted by Gasteiger charge is -2.33. The van der Waals surface area contributed by atoms with Crippen molar-refractivity contribution in [3.05, 3.63) is 81.4 Å². The molecule has 1 aliphatic heterocycles. The molecule has 0 saturated heterocycles. The highest BCUT2D eigenvalue weighted by Gasteiger charge is 2.31. The first kappa shape index (κ1) is 18.5. The Hall–Kier alpha value is -3.52. The molecule has 152 valence electrons. The summed E-state index contributed by atoms with van der Waals surface area (Å²) in [5.74, 6) is -1.28. The van der Waals surface area contributed by atoms with Gasteiger partial charge in [-0.3, -0.25) is 9.59 Å². The average molecular weight is 409 g/mol. The quantitative estimate of drug-likeness (QED) is 0.531. The van der Waals surface area contributed by atoms with E-state index in [9.17, 15) is 18.4 Å². The third-order valence-corrected chi connectivity index (χ3v) is 5.59. The van der Waals surface area contributed by atoms with Gasteiger partial charge in [0.1, 0.15) is 17.3 Å². The number of nitrogens with zero attached hydrogens (tertiary/aromatic N) is 1. The van der Waals surface area contributed by atoms with E-state index in [2.05, 4.69) is 9.97 Å². The van der Waals surface area contributed by atoms with Crippen molar-refractivity contribution < 1.29 is 18.3 Å². The van der Waals surface area contributed by atoms with E-state index >= 15 is 0 Å². The molecule has 30 heavy (non-hydrogen) atoms. The number of carbonyl (C=O) groups excluding carboxylic acids is 1. The van der Waals surface area contributed by atoms with Gasteiger partial charge in [-0.2, -0.15) is 0 Å². The summed E-state index contributed by atoms with van der Waals surface area (Å²) in [6.07, 6.45) is 0. The van der Waals surface area contributed by atoms with Gasteiger partial charge in [-0.15, -0.1) is 0 Å². The number of amides is 1. The summed E-state index contributed by atoms with van der Waals surface area (Å²) in [4.78, 5) is 32.7. The minimum Gasteiger partial charge on any atom is -0.373 e. The lowest BCUT2D eigenvalue weighted by atomic mass is 9.95. The van der Waals surface area contributed by atoms with Crippen molar-refractivity contribution in [2.24, 2.45) is 0 Å². The van der Waals surface area contributed by atoms with Crippen LogP contribution in [0, 0.1) is 11.6 Å². The summed E-state index contributed by atoms with van der Waals surface area (Å²) < 4.78 is 33.4. The second-order valence-corrected chi connectivity index (χ2v) is 7.37. The van der Waals surface area contributed by atoms with E-state index in [0.29, 0.717) is 27.5 Å². The minimum absolute atomic E-state index is 0.189. The SMILES string of the molecule is CN(C(=O)c1cc2c(F)cccc2[nH]1)C1COCc2[nH]c(=O)c3cc(F)ccc3c21. The van der Waals surface area contributed by atoms with Gasteiger partial charge < -0.3 is 19.6 Å². The molecule has 0 radical (unpaired) electrons. The number of hydrogen-bond donors (Lipinski definition) is 2. The molecule has 3 heterocycles. The first-order valence-electron chi connectivity index (χ1n) is 9.40. The van der Waals surface area contributed by atoms with Crippen LogP contribution in [0.2, 0.25) is 0 Å². The number of nitrogens with one attached hydrogen (secondary N) is 2. The Bertz CT molecular complexity index is 1380. The molecule has 0 aliphatic carbocycles. The summed E-state index contributed by atoms with van der Waals surface area (Å²) >= 11 is 0. The lowest BCUT2D eigenvalue weighted by Crippen LogP contribution is -2.37. The van der Waals surface area contributed by atoms with Crippen molar-refractivity contribution in [3.8, 4) is 0 Å². The number of aromatic amines is 2. The van der Waals surface area contributed by atoms with Gasteiger partial charge in [0.2, 0.25) is 0 Å². The normalized spacial score (nSPS) is 16.0. The minimum atomic E-state index is -0.513. The van der Waals surface area contributed by atoms with Crippen LogP contribution in [0.1, 0.15) is 27.8 Å². The van der Waals surface area contributed by atoms with Crippen LogP contribution in [-0.4, -0.2) is 34.4 Å². The highest BCUT2D eigenvalue weighted by Crippen LogP contribution is 2.34. The van der Waals surface area contributed by atoms with Crippen molar-refractivity contribution in [2.75, 3.05) is 13.7 Å². The molecular formula is C22H17F2N3O3. The fourth-order valence-corrected chi connectivity index (χ4v) is 4.09. The number of H-pyrrole nitrogens is 2. The van der Waals surface area contributed by atoms with E-state index in [-0.39, 0.29) is 30.2 Å². The fourth-order valence-electron chi connectivity index (χ4n) is 4.09. The standard InChI is InChI=1S/C22H17F2N3O3/c1-27(22(29)17-8-14-15(24)3-2-4-16(14)25-17)19-10-30-9-18-20(19)12-6-5-11(23)7-13(12)21(28)26-18/h2-8,19,25H,9-10H2,1H3,(H,26,28). The Kier molecular flexibility index (Phi) is 4.18. The first-order chi connectivity index (χ1) is 14.4. The highest BCUT2D eigenvalue weighted by molar-refractivity contribution is 5.98. The maximum Gasteiger partial charge on any atom is 0.270 e. The van der Waals surface area contributed by atoms with Gasteiger partial charge in [0.05, 0.1) is 24.6 Å². The highest BCUT2D eigenvalue weighted by atomic mass is 19.1. The Morgan fingerprint density at radius 1 is 1.10 bits per heavy atom. The van der Waals surface area contributed by atoms with Crippen molar-refractivity contribution in [1.82, 2.24) is 14.9 Å². The molecule has 0 saturated carbocycles. The van der Waals surface area contributed by atoms with Crippen molar-refractivity contribution >= 4 is 27.6 Å². The summed E-state index contributed by atoms with van der Waals surface area (Å²) in [5.41, 5.74) is 1.63. The van der Waals surface area contributed by atoms with Crippen molar-refractivity contribution in [1.29, 1.82) is 0 Å². The molecule has 1 unspecified atom stereocenters. The second kappa shape index (κ2) is 6.77. The molecule has 1 amide bonds.